The van der Waals surface area contributed by atoms with Crippen molar-refractivity contribution in [3.8, 4) is 34.5 Å². The fraction of sp³-hybridized carbons (Fsp3) is 0.412. The van der Waals surface area contributed by atoms with Gasteiger partial charge in [-0.15, -0.1) is 0 Å². The van der Waals surface area contributed by atoms with Crippen LogP contribution < -0.4 is 39.5 Å². The second-order valence-electron chi connectivity index (χ2n) is 12.6. The molecule has 44 heavy (non-hydrogen) atoms. The van der Waals surface area contributed by atoms with E-state index in [9.17, 15) is 9.59 Å². The number of methoxy groups -OCH3 is 4. The highest BCUT2D eigenvalue weighted by Gasteiger charge is 2.56. The molecule has 0 spiro atoms. The number of benzene rings is 2. The lowest BCUT2D eigenvalue weighted by Crippen LogP contribution is -2.54. The van der Waals surface area contributed by atoms with E-state index in [2.05, 4.69) is 6.08 Å². The first-order valence-electron chi connectivity index (χ1n) is 14.6. The number of fused-ring (bicyclic) bond motifs is 12. The Hall–Kier alpha value is -4.60. The second-order valence-corrected chi connectivity index (χ2v) is 12.6. The summed E-state index contributed by atoms with van der Waals surface area (Å²) >= 11 is 0. The second kappa shape index (κ2) is 9.20. The quantitative estimate of drug-likeness (QED) is 0.325. The van der Waals surface area contributed by atoms with Gasteiger partial charge in [-0.05, 0) is 63.1 Å². The van der Waals surface area contributed by atoms with E-state index < -0.39 is 11.2 Å². The molecule has 0 N–H and O–H groups in total. The summed E-state index contributed by atoms with van der Waals surface area (Å²) in [7, 11) is 9.71. The van der Waals surface area contributed by atoms with Gasteiger partial charge in [-0.3, -0.25) is 9.59 Å². The Kier molecular flexibility index (Phi) is 5.89. The van der Waals surface area contributed by atoms with Crippen molar-refractivity contribution >= 4 is 27.4 Å². The molecule has 10 heteroatoms. The van der Waals surface area contributed by atoms with Gasteiger partial charge in [-0.2, -0.15) is 0 Å². The molecule has 4 heterocycles. The van der Waals surface area contributed by atoms with Gasteiger partial charge in [0.1, 0.15) is 33.7 Å². The summed E-state index contributed by atoms with van der Waals surface area (Å²) in [6.07, 6.45) is 2.63. The van der Waals surface area contributed by atoms with E-state index in [1.807, 2.05) is 45.0 Å². The summed E-state index contributed by atoms with van der Waals surface area (Å²) in [4.78, 5) is 28.6. The van der Waals surface area contributed by atoms with Crippen molar-refractivity contribution in [2.45, 2.75) is 44.3 Å². The molecule has 0 unspecified atom stereocenters. The van der Waals surface area contributed by atoms with Crippen LogP contribution in [0.15, 0.2) is 39.9 Å². The molecule has 10 nitrogen and oxygen atoms in total. The molecule has 0 amide bonds. The minimum absolute atomic E-state index is 0.183. The zero-order valence-corrected chi connectivity index (χ0v) is 26.4. The normalized spacial score (nSPS) is 22.6. The molecule has 230 valence electrons. The first-order chi connectivity index (χ1) is 20.9. The van der Waals surface area contributed by atoms with Crippen molar-refractivity contribution in [3.05, 3.63) is 62.2 Å². The van der Waals surface area contributed by atoms with Gasteiger partial charge in [0, 0.05) is 36.7 Å². The van der Waals surface area contributed by atoms with Gasteiger partial charge in [0.2, 0.25) is 0 Å². The number of hydrogen-bond donors (Lipinski definition) is 0. The number of hydrogen-bond acceptors (Lipinski definition) is 8. The van der Waals surface area contributed by atoms with Crippen LogP contribution in [0.25, 0.3) is 27.4 Å². The lowest BCUT2D eigenvalue weighted by Gasteiger charge is -2.53. The minimum Gasteiger partial charge on any atom is -0.493 e. The molecule has 4 aromatic rings. The maximum absolute atomic E-state index is 14.3. The molecule has 3 atom stereocenters. The average Bonchev–Trinajstić information content (AvgIpc) is 2.99. The van der Waals surface area contributed by atoms with Gasteiger partial charge in [-0.25, -0.2) is 0 Å². The Morgan fingerprint density at radius 3 is 1.84 bits per heavy atom. The van der Waals surface area contributed by atoms with Crippen LogP contribution >= 0.6 is 0 Å². The van der Waals surface area contributed by atoms with Crippen LogP contribution in [0.5, 0.6) is 34.5 Å². The monoisotopic (exact) mass is 600 g/mol. The zero-order valence-electron chi connectivity index (χ0n) is 26.4. The molecule has 7 rings (SSSR count). The lowest BCUT2D eigenvalue weighted by atomic mass is 9.61. The first kappa shape index (κ1) is 28.2. The molecule has 1 aliphatic carbocycles. The Bertz CT molecular complexity index is 2070. The molecule has 2 aromatic carbocycles. The molecule has 0 radical (unpaired) electrons. The summed E-state index contributed by atoms with van der Waals surface area (Å²) in [5.41, 5.74) is 1.06. The molecular weight excluding hydrogens is 564 g/mol. The summed E-state index contributed by atoms with van der Waals surface area (Å²) in [6, 6.07) is 7.44. The standard InChI is InChI=1S/C34H36N2O8/c1-33(2)24-18(22-27(43-33)16-10-12-20(39-6)29(41-8)25(16)35(4)31(22)37)14-34(3)15-19(24)23-28(44-34)17-11-13-21(40-7)30(42-9)26(17)36(5)32(23)38/h10-14,19,24H,15H2,1-9H3/t19-,24+,34+/m0/s1. The van der Waals surface area contributed by atoms with Crippen molar-refractivity contribution in [1.82, 2.24) is 9.13 Å². The molecule has 3 aliphatic rings. The van der Waals surface area contributed by atoms with E-state index in [1.54, 1.807) is 51.7 Å². The largest absolute Gasteiger partial charge is 0.493 e. The lowest BCUT2D eigenvalue weighted by molar-refractivity contribution is 0.0119. The number of ether oxygens (including phenoxy) is 6. The number of pyridine rings is 2. The van der Waals surface area contributed by atoms with Crippen molar-refractivity contribution in [1.29, 1.82) is 0 Å². The number of aryl methyl sites for hydroxylation is 2. The van der Waals surface area contributed by atoms with Gasteiger partial charge in [-0.1, -0.05) is 0 Å². The minimum atomic E-state index is -0.793. The van der Waals surface area contributed by atoms with E-state index >= 15 is 0 Å². The molecule has 2 aliphatic heterocycles. The topological polar surface area (TPSA) is 99.4 Å². The highest BCUT2D eigenvalue weighted by Crippen LogP contribution is 2.60. The van der Waals surface area contributed by atoms with Crippen LogP contribution in [0.3, 0.4) is 0 Å². The van der Waals surface area contributed by atoms with Crippen LogP contribution in [-0.2, 0) is 14.1 Å². The van der Waals surface area contributed by atoms with Gasteiger partial charge in [0.15, 0.2) is 23.0 Å². The number of nitrogens with zero attached hydrogens (tertiary/aromatic N) is 2. The molecule has 2 bridgehead atoms. The number of aromatic nitrogens is 2. The molecule has 2 aromatic heterocycles. The van der Waals surface area contributed by atoms with Crippen LogP contribution in [0.4, 0.5) is 0 Å². The molecule has 0 saturated carbocycles. The van der Waals surface area contributed by atoms with Crippen LogP contribution in [0, 0.1) is 5.92 Å². The summed E-state index contributed by atoms with van der Waals surface area (Å²) < 4.78 is 39.3. The van der Waals surface area contributed by atoms with Crippen molar-refractivity contribution in [2.75, 3.05) is 28.4 Å². The molecule has 0 fully saturated rings. The van der Waals surface area contributed by atoms with Crippen molar-refractivity contribution in [2.24, 2.45) is 20.0 Å². The average molecular weight is 601 g/mol. The fourth-order valence-electron chi connectivity index (χ4n) is 7.91. The predicted octanol–water partition coefficient (Wildman–Crippen LogP) is 4.93. The highest BCUT2D eigenvalue weighted by molar-refractivity contribution is 5.98. The van der Waals surface area contributed by atoms with Gasteiger partial charge < -0.3 is 37.6 Å². The van der Waals surface area contributed by atoms with E-state index in [4.69, 9.17) is 28.4 Å². The summed E-state index contributed by atoms with van der Waals surface area (Å²) in [5, 5.41) is 1.49. The Balaban J connectivity index is 1.54. The van der Waals surface area contributed by atoms with Gasteiger partial charge in [0.05, 0.1) is 39.6 Å². The van der Waals surface area contributed by atoms with Gasteiger partial charge >= 0.3 is 0 Å². The Labute approximate surface area is 254 Å². The number of rotatable bonds is 4. The molecular formula is C34H36N2O8. The summed E-state index contributed by atoms with van der Waals surface area (Å²) in [5.74, 6) is 2.39. The zero-order chi connectivity index (χ0) is 31.5. The van der Waals surface area contributed by atoms with Crippen LogP contribution in [0.1, 0.15) is 44.2 Å². The fourth-order valence-corrected chi connectivity index (χ4v) is 7.91. The van der Waals surface area contributed by atoms with Crippen molar-refractivity contribution < 1.29 is 28.4 Å². The van der Waals surface area contributed by atoms with E-state index in [1.165, 1.54) is 0 Å². The Morgan fingerprint density at radius 1 is 0.750 bits per heavy atom. The third-order valence-corrected chi connectivity index (χ3v) is 9.66. The maximum atomic E-state index is 14.3. The Morgan fingerprint density at radius 2 is 1.30 bits per heavy atom. The third kappa shape index (κ3) is 3.48. The molecule has 0 saturated heterocycles. The van der Waals surface area contributed by atoms with E-state index in [0.29, 0.717) is 63.1 Å². The smallest absolute Gasteiger partial charge is 0.262 e. The maximum Gasteiger partial charge on any atom is 0.262 e. The van der Waals surface area contributed by atoms with E-state index in [0.717, 1.165) is 16.3 Å². The third-order valence-electron chi connectivity index (χ3n) is 9.66. The SMILES string of the molecule is COc1ccc2c3c(c(=O)n(C)c2c1OC)C1=C[C@]2(C)C[C@@H](c4c(c5ccc(OC)c(OC)c5n(C)c4=O)O2)[C@@H]1C(C)(C)O3. The van der Waals surface area contributed by atoms with E-state index in [-0.39, 0.29) is 23.0 Å². The van der Waals surface area contributed by atoms with Gasteiger partial charge in [0.25, 0.3) is 11.1 Å². The van der Waals surface area contributed by atoms with Crippen molar-refractivity contribution in [3.63, 3.8) is 0 Å². The first-order valence-corrected chi connectivity index (χ1v) is 14.6. The van der Waals surface area contributed by atoms with Crippen LogP contribution in [-0.4, -0.2) is 48.8 Å². The highest BCUT2D eigenvalue weighted by atomic mass is 16.5. The summed E-state index contributed by atoms with van der Waals surface area (Å²) in [6.45, 7) is 6.06. The predicted molar refractivity (Wildman–Crippen MR) is 167 cm³/mol. The van der Waals surface area contributed by atoms with Crippen LogP contribution in [0.2, 0.25) is 0 Å².